The molecule has 0 amide bonds. The molecule has 0 saturated carbocycles. The van der Waals surface area contributed by atoms with Gasteiger partial charge in [-0.1, -0.05) is 11.6 Å². The summed E-state index contributed by atoms with van der Waals surface area (Å²) in [4.78, 5) is 11.4. The highest BCUT2D eigenvalue weighted by molar-refractivity contribution is 7.96. The lowest BCUT2D eigenvalue weighted by Crippen LogP contribution is -2.29. The van der Waals surface area contributed by atoms with Crippen molar-refractivity contribution in [1.82, 2.24) is 0 Å². The van der Waals surface area contributed by atoms with Crippen molar-refractivity contribution in [3.8, 4) is 0 Å². The van der Waals surface area contributed by atoms with Crippen LogP contribution in [-0.4, -0.2) is 32.3 Å². The van der Waals surface area contributed by atoms with Gasteiger partial charge in [0.15, 0.2) is 9.84 Å². The Bertz CT molecular complexity index is 409. The molecule has 17 heavy (non-hydrogen) atoms. The highest BCUT2D eigenvalue weighted by Crippen LogP contribution is 2.13. The summed E-state index contributed by atoms with van der Waals surface area (Å²) in [6.07, 6.45) is 1.97. The number of ether oxygens (including phenoxy) is 1. The maximum absolute atomic E-state index is 11.4. The molecule has 5 nitrogen and oxygen atoms in total. The van der Waals surface area contributed by atoms with Gasteiger partial charge < -0.3 is 10.5 Å². The van der Waals surface area contributed by atoms with E-state index in [2.05, 4.69) is 0 Å². The molecule has 0 aromatic heterocycles. The van der Waals surface area contributed by atoms with Gasteiger partial charge in [-0.3, -0.25) is 4.79 Å². The zero-order valence-electron chi connectivity index (χ0n) is 10.4. The van der Waals surface area contributed by atoms with E-state index in [9.17, 15) is 13.2 Å². The molecule has 0 aromatic carbocycles. The van der Waals surface area contributed by atoms with E-state index < -0.39 is 27.4 Å². The number of nitrogens with two attached hydrogens (primary N) is 1. The Morgan fingerprint density at radius 3 is 2.29 bits per heavy atom. The molecule has 2 N–H and O–H groups in total. The van der Waals surface area contributed by atoms with E-state index in [0.717, 1.165) is 12.3 Å². The lowest BCUT2D eigenvalue weighted by atomic mass is 10.2. The molecular weight excluding hydrogens is 266 g/mol. The van der Waals surface area contributed by atoms with Crippen LogP contribution in [0, 0.1) is 0 Å². The van der Waals surface area contributed by atoms with Gasteiger partial charge >= 0.3 is 5.97 Å². The van der Waals surface area contributed by atoms with Crippen molar-refractivity contribution in [2.24, 2.45) is 5.73 Å². The largest absolute Gasteiger partial charge is 0.460 e. The van der Waals surface area contributed by atoms with Gasteiger partial charge in [-0.2, -0.15) is 0 Å². The summed E-state index contributed by atoms with van der Waals surface area (Å²) in [6.45, 7) is 5.20. The topological polar surface area (TPSA) is 86.5 Å². The second-order valence-electron chi connectivity index (χ2n) is 4.70. The summed E-state index contributed by atoms with van der Waals surface area (Å²) in [5.41, 5.74) is 4.97. The highest BCUT2D eigenvalue weighted by atomic mass is 35.5. The van der Waals surface area contributed by atoms with Gasteiger partial charge in [0.2, 0.25) is 0 Å². The van der Waals surface area contributed by atoms with Gasteiger partial charge in [-0.15, -0.1) is 0 Å². The normalized spacial score (nSPS) is 15.5. The molecule has 0 radical (unpaired) electrons. The predicted octanol–water partition coefficient (Wildman–Crippen LogP) is 1.17. The molecule has 0 bridgehead atoms. The first-order valence-corrected chi connectivity index (χ1v) is 7.23. The predicted molar refractivity (Wildman–Crippen MR) is 67.2 cm³/mol. The first-order valence-electron chi connectivity index (χ1n) is 4.96. The molecule has 100 valence electrons. The molecule has 0 heterocycles. The Kier molecular flexibility index (Phi) is 5.64. The average Bonchev–Trinajstić information content (AvgIpc) is 1.96. The molecule has 0 aliphatic carbocycles. The van der Waals surface area contributed by atoms with Crippen molar-refractivity contribution in [2.45, 2.75) is 38.8 Å². The summed E-state index contributed by atoms with van der Waals surface area (Å²) in [5.74, 6) is -0.501. The highest BCUT2D eigenvalue weighted by Gasteiger charge is 2.19. The Balaban J connectivity index is 4.48. The molecule has 0 aliphatic heterocycles. The van der Waals surface area contributed by atoms with Gasteiger partial charge in [-0.05, 0) is 26.8 Å². The van der Waals surface area contributed by atoms with Crippen molar-refractivity contribution < 1.29 is 17.9 Å². The third-order valence-corrected chi connectivity index (χ3v) is 3.33. The van der Waals surface area contributed by atoms with Crippen LogP contribution < -0.4 is 5.73 Å². The molecule has 1 atom stereocenters. The number of hydrogen-bond acceptors (Lipinski definition) is 5. The fraction of sp³-hybridized carbons (Fsp3) is 0.700. The monoisotopic (exact) mass is 283 g/mol. The summed E-state index contributed by atoms with van der Waals surface area (Å²) >= 11 is 5.51. The minimum absolute atomic E-state index is 0.122. The van der Waals surface area contributed by atoms with E-state index in [-0.39, 0.29) is 10.8 Å². The molecule has 0 spiro atoms. The minimum Gasteiger partial charge on any atom is -0.460 e. The Morgan fingerprint density at radius 1 is 1.47 bits per heavy atom. The first kappa shape index (κ1) is 16.4. The number of halogens is 1. The number of esters is 1. The van der Waals surface area contributed by atoms with E-state index in [4.69, 9.17) is 22.1 Å². The minimum atomic E-state index is -3.47. The van der Waals surface area contributed by atoms with E-state index >= 15 is 0 Å². The van der Waals surface area contributed by atoms with Gasteiger partial charge in [-0.25, -0.2) is 8.42 Å². The fourth-order valence-electron chi connectivity index (χ4n) is 0.926. The van der Waals surface area contributed by atoms with E-state index in [0.29, 0.717) is 0 Å². The van der Waals surface area contributed by atoms with Crippen molar-refractivity contribution in [3.05, 3.63) is 10.4 Å². The van der Waals surface area contributed by atoms with Crippen LogP contribution in [-0.2, 0) is 19.4 Å². The molecule has 0 rings (SSSR count). The van der Waals surface area contributed by atoms with Crippen molar-refractivity contribution >= 4 is 27.4 Å². The van der Waals surface area contributed by atoms with Crippen LogP contribution in [0.25, 0.3) is 0 Å². The molecule has 0 aliphatic rings. The maximum atomic E-state index is 11.4. The second-order valence-corrected chi connectivity index (χ2v) is 7.31. The average molecular weight is 284 g/mol. The van der Waals surface area contributed by atoms with Crippen LogP contribution in [0.4, 0.5) is 0 Å². The number of rotatable bonds is 4. The number of hydrogen-bond donors (Lipinski definition) is 1. The Morgan fingerprint density at radius 2 is 1.94 bits per heavy atom. The standard InChI is InChI=1S/C10H18ClNO4S/c1-10(2,3)16-9(13)6-7(12)5-8(11)17(4,14)15/h5,7H,6,12H2,1-4H3/b8-5+. The van der Waals surface area contributed by atoms with E-state index in [1.807, 2.05) is 0 Å². The summed E-state index contributed by atoms with van der Waals surface area (Å²) in [5, 5.41) is 0. The second kappa shape index (κ2) is 5.84. The summed E-state index contributed by atoms with van der Waals surface area (Å²) in [7, 11) is -3.47. The van der Waals surface area contributed by atoms with Crippen molar-refractivity contribution in [3.63, 3.8) is 0 Å². The van der Waals surface area contributed by atoms with Crippen molar-refractivity contribution in [1.29, 1.82) is 0 Å². The quantitative estimate of drug-likeness (QED) is 0.783. The fourth-order valence-corrected chi connectivity index (χ4v) is 1.51. The zero-order valence-corrected chi connectivity index (χ0v) is 11.9. The molecule has 7 heteroatoms. The maximum Gasteiger partial charge on any atom is 0.308 e. The van der Waals surface area contributed by atoms with Gasteiger partial charge in [0.1, 0.15) is 9.97 Å². The molecule has 0 fully saturated rings. The van der Waals surface area contributed by atoms with Crippen LogP contribution >= 0.6 is 11.6 Å². The molecule has 0 saturated heterocycles. The first-order chi connectivity index (χ1) is 7.42. The molecular formula is C10H18ClNO4S. The van der Waals surface area contributed by atoms with Crippen LogP contribution in [0.15, 0.2) is 10.4 Å². The van der Waals surface area contributed by atoms with Crippen molar-refractivity contribution in [2.75, 3.05) is 6.26 Å². The number of carbonyl (C=O) groups is 1. The third kappa shape index (κ3) is 8.18. The number of carbonyl (C=O) groups excluding carboxylic acids is 1. The van der Waals surface area contributed by atoms with Gasteiger partial charge in [0.05, 0.1) is 6.42 Å². The lowest BCUT2D eigenvalue weighted by molar-refractivity contribution is -0.154. The van der Waals surface area contributed by atoms with Crippen LogP contribution in [0.3, 0.4) is 0 Å². The number of sulfone groups is 1. The SMILES string of the molecule is CC(C)(C)OC(=O)CC(N)/C=C(\Cl)S(C)(=O)=O. The molecule has 1 unspecified atom stereocenters. The Labute approximate surface area is 107 Å². The van der Waals surface area contributed by atoms with Crippen LogP contribution in [0.5, 0.6) is 0 Å². The van der Waals surface area contributed by atoms with E-state index in [1.54, 1.807) is 20.8 Å². The lowest BCUT2D eigenvalue weighted by Gasteiger charge is -2.20. The van der Waals surface area contributed by atoms with Gasteiger partial charge in [0.25, 0.3) is 0 Å². The summed E-state index contributed by atoms with van der Waals surface area (Å²) in [6, 6.07) is -0.785. The third-order valence-electron chi connectivity index (χ3n) is 1.52. The zero-order chi connectivity index (χ0) is 13.9. The van der Waals surface area contributed by atoms with E-state index in [1.165, 1.54) is 0 Å². The van der Waals surface area contributed by atoms with Crippen LogP contribution in [0.2, 0.25) is 0 Å². The van der Waals surface area contributed by atoms with Crippen LogP contribution in [0.1, 0.15) is 27.2 Å². The van der Waals surface area contributed by atoms with Gasteiger partial charge in [0, 0.05) is 12.3 Å². The molecule has 0 aromatic rings. The Hall–Kier alpha value is -0.590. The smallest absolute Gasteiger partial charge is 0.308 e. The summed E-state index contributed by atoms with van der Waals surface area (Å²) < 4.78 is 26.7.